The molecule has 90 valence electrons. The highest BCUT2D eigenvalue weighted by Gasteiger charge is 2.22. The van der Waals surface area contributed by atoms with Crippen LogP contribution in [0.25, 0.3) is 0 Å². The molecule has 1 aliphatic rings. The van der Waals surface area contributed by atoms with Crippen LogP contribution in [0.1, 0.15) is 32.5 Å². The number of nitrogens with two attached hydrogens (primary N) is 1. The molecule has 0 radical (unpaired) electrons. The van der Waals surface area contributed by atoms with E-state index in [4.69, 9.17) is 10.3 Å². The van der Waals surface area contributed by atoms with Crippen LogP contribution in [0.3, 0.4) is 0 Å². The first-order chi connectivity index (χ1) is 7.65. The Balaban J connectivity index is 1.81. The molecule has 2 rings (SSSR count). The first-order valence-corrected chi connectivity index (χ1v) is 5.97. The quantitative estimate of drug-likeness (QED) is 0.838. The Hall–Kier alpha value is -1.10. The average molecular weight is 224 g/mol. The molecule has 1 aromatic heterocycles. The van der Waals surface area contributed by atoms with E-state index in [0.29, 0.717) is 12.0 Å². The van der Waals surface area contributed by atoms with Gasteiger partial charge in [-0.05, 0) is 45.7 Å². The molecule has 5 heteroatoms. The number of likely N-dealkylation sites (tertiary alicyclic amines) is 1. The molecule has 2 N–H and O–H groups in total. The molecule has 0 spiro atoms. The molecule has 0 aliphatic carbocycles. The van der Waals surface area contributed by atoms with Crippen LogP contribution < -0.4 is 5.73 Å². The van der Waals surface area contributed by atoms with Crippen molar-refractivity contribution in [3.05, 3.63) is 5.82 Å². The predicted octanol–water partition coefficient (Wildman–Crippen LogP) is 1.31. The summed E-state index contributed by atoms with van der Waals surface area (Å²) in [6.07, 6.45) is 3.33. The lowest BCUT2D eigenvalue weighted by Gasteiger charge is -2.34. The predicted molar refractivity (Wildman–Crippen MR) is 61.8 cm³/mol. The number of hydrogen-bond acceptors (Lipinski definition) is 5. The number of piperidine rings is 1. The zero-order chi connectivity index (χ0) is 11.5. The molecule has 5 nitrogen and oxygen atoms in total. The summed E-state index contributed by atoms with van der Waals surface area (Å²) in [7, 11) is 0. The molecular weight excluding hydrogens is 204 g/mol. The van der Waals surface area contributed by atoms with Crippen molar-refractivity contribution >= 4 is 6.01 Å². The molecule has 0 atom stereocenters. The van der Waals surface area contributed by atoms with Crippen molar-refractivity contribution in [1.82, 2.24) is 15.0 Å². The van der Waals surface area contributed by atoms with E-state index < -0.39 is 0 Å². The maximum absolute atomic E-state index is 5.40. The summed E-state index contributed by atoms with van der Waals surface area (Å²) in [5, 5.41) is 3.84. The van der Waals surface area contributed by atoms with Crippen LogP contribution in [-0.4, -0.2) is 34.2 Å². The van der Waals surface area contributed by atoms with Gasteiger partial charge in [0.05, 0.1) is 0 Å². The molecule has 0 bridgehead atoms. The van der Waals surface area contributed by atoms with Crippen molar-refractivity contribution in [1.29, 1.82) is 0 Å². The first kappa shape index (κ1) is 11.4. The average Bonchev–Trinajstić information content (AvgIpc) is 2.65. The molecule has 0 aromatic carbocycles. The Labute approximate surface area is 96.0 Å². The minimum atomic E-state index is 0.176. The van der Waals surface area contributed by atoms with Gasteiger partial charge in [-0.15, -0.1) is 0 Å². The van der Waals surface area contributed by atoms with Gasteiger partial charge in [0.25, 0.3) is 0 Å². The fourth-order valence-corrected chi connectivity index (χ4v) is 2.28. The highest BCUT2D eigenvalue weighted by molar-refractivity contribution is 5.07. The van der Waals surface area contributed by atoms with Gasteiger partial charge in [0.15, 0.2) is 5.82 Å². The van der Waals surface area contributed by atoms with Crippen molar-refractivity contribution in [2.75, 3.05) is 18.8 Å². The van der Waals surface area contributed by atoms with E-state index in [9.17, 15) is 0 Å². The Kier molecular flexibility index (Phi) is 3.43. The van der Waals surface area contributed by atoms with E-state index in [2.05, 4.69) is 28.9 Å². The number of anilines is 1. The van der Waals surface area contributed by atoms with E-state index in [1.807, 2.05) is 0 Å². The van der Waals surface area contributed by atoms with Gasteiger partial charge < -0.3 is 15.2 Å². The Morgan fingerprint density at radius 3 is 2.62 bits per heavy atom. The lowest BCUT2D eigenvalue weighted by molar-refractivity contribution is 0.148. The Morgan fingerprint density at radius 1 is 1.44 bits per heavy atom. The zero-order valence-electron chi connectivity index (χ0n) is 10.0. The van der Waals surface area contributed by atoms with Crippen molar-refractivity contribution in [2.45, 2.75) is 39.2 Å². The van der Waals surface area contributed by atoms with Crippen LogP contribution in [0, 0.1) is 5.92 Å². The third kappa shape index (κ3) is 2.72. The second kappa shape index (κ2) is 4.82. The van der Waals surface area contributed by atoms with Gasteiger partial charge in [-0.25, -0.2) is 0 Å². The minimum Gasteiger partial charge on any atom is -0.351 e. The van der Waals surface area contributed by atoms with Crippen molar-refractivity contribution in [3.8, 4) is 0 Å². The number of nitrogens with zero attached hydrogens (tertiary/aromatic N) is 3. The summed E-state index contributed by atoms with van der Waals surface area (Å²) >= 11 is 0. The lowest BCUT2D eigenvalue weighted by atomic mass is 9.93. The molecular formula is C11H20N4O. The lowest BCUT2D eigenvalue weighted by Crippen LogP contribution is -2.38. The molecule has 16 heavy (non-hydrogen) atoms. The van der Waals surface area contributed by atoms with Crippen molar-refractivity contribution in [2.24, 2.45) is 5.92 Å². The van der Waals surface area contributed by atoms with Crippen molar-refractivity contribution in [3.63, 3.8) is 0 Å². The fourth-order valence-electron chi connectivity index (χ4n) is 2.28. The molecule has 1 aliphatic heterocycles. The maximum Gasteiger partial charge on any atom is 0.318 e. The molecule has 0 saturated carbocycles. The van der Waals surface area contributed by atoms with E-state index in [1.165, 1.54) is 25.9 Å². The van der Waals surface area contributed by atoms with Crippen LogP contribution >= 0.6 is 0 Å². The first-order valence-electron chi connectivity index (χ1n) is 5.97. The molecule has 0 unspecified atom stereocenters. The van der Waals surface area contributed by atoms with Crippen LogP contribution in [0.15, 0.2) is 4.52 Å². The second-order valence-electron chi connectivity index (χ2n) is 4.83. The largest absolute Gasteiger partial charge is 0.351 e. The third-order valence-corrected chi connectivity index (χ3v) is 3.33. The molecule has 2 heterocycles. The van der Waals surface area contributed by atoms with E-state index in [-0.39, 0.29) is 6.01 Å². The summed E-state index contributed by atoms with van der Waals surface area (Å²) in [6, 6.07) is 0.830. The molecule has 1 saturated heterocycles. The number of hydrogen-bond donors (Lipinski definition) is 1. The highest BCUT2D eigenvalue weighted by atomic mass is 16.5. The van der Waals surface area contributed by atoms with Gasteiger partial charge in [-0.2, -0.15) is 4.98 Å². The fraction of sp³-hybridized carbons (Fsp3) is 0.818. The molecule has 0 amide bonds. The minimum absolute atomic E-state index is 0.176. The van der Waals surface area contributed by atoms with Gasteiger partial charge >= 0.3 is 6.01 Å². The van der Waals surface area contributed by atoms with Crippen LogP contribution in [0.2, 0.25) is 0 Å². The van der Waals surface area contributed by atoms with Gasteiger partial charge in [-0.1, -0.05) is 5.16 Å². The molecule has 1 aromatic rings. The summed E-state index contributed by atoms with van der Waals surface area (Å²) in [4.78, 5) is 6.56. The standard InChI is InChI=1S/C11H20N4O/c1-8(2)15-5-3-9(4-6-15)7-10-13-11(12)16-14-10/h8-9H,3-7H2,1-2H3,(H2,12,13,14). The van der Waals surface area contributed by atoms with Crippen LogP contribution in [0.4, 0.5) is 6.01 Å². The van der Waals surface area contributed by atoms with Gasteiger partial charge in [0.1, 0.15) is 0 Å². The van der Waals surface area contributed by atoms with E-state index >= 15 is 0 Å². The van der Waals surface area contributed by atoms with Gasteiger partial charge in [0, 0.05) is 12.5 Å². The summed E-state index contributed by atoms with van der Waals surface area (Å²) in [6.45, 7) is 6.85. The number of nitrogen functional groups attached to an aromatic ring is 1. The summed E-state index contributed by atoms with van der Waals surface area (Å²) in [5.74, 6) is 1.42. The Bertz CT molecular complexity index is 328. The number of aromatic nitrogens is 2. The SMILES string of the molecule is CC(C)N1CCC(Cc2noc(N)n2)CC1. The van der Waals surface area contributed by atoms with Crippen molar-refractivity contribution < 1.29 is 4.52 Å². The third-order valence-electron chi connectivity index (χ3n) is 3.33. The Morgan fingerprint density at radius 2 is 2.12 bits per heavy atom. The smallest absolute Gasteiger partial charge is 0.318 e. The van der Waals surface area contributed by atoms with Crippen LogP contribution in [0.5, 0.6) is 0 Å². The number of rotatable bonds is 3. The summed E-state index contributed by atoms with van der Waals surface area (Å²) < 4.78 is 4.77. The maximum atomic E-state index is 5.40. The van der Waals surface area contributed by atoms with Crippen LogP contribution in [-0.2, 0) is 6.42 Å². The monoisotopic (exact) mass is 224 g/mol. The topological polar surface area (TPSA) is 68.2 Å². The summed E-state index contributed by atoms with van der Waals surface area (Å²) in [5.41, 5.74) is 5.40. The van der Waals surface area contributed by atoms with Gasteiger partial charge in [0.2, 0.25) is 0 Å². The highest BCUT2D eigenvalue weighted by Crippen LogP contribution is 2.21. The normalized spacial score (nSPS) is 19.4. The van der Waals surface area contributed by atoms with E-state index in [1.54, 1.807) is 0 Å². The second-order valence-corrected chi connectivity index (χ2v) is 4.83. The molecule has 1 fully saturated rings. The van der Waals surface area contributed by atoms with E-state index in [0.717, 1.165) is 12.2 Å². The zero-order valence-corrected chi connectivity index (χ0v) is 10.0. The van der Waals surface area contributed by atoms with Gasteiger partial charge in [-0.3, -0.25) is 0 Å².